The smallest absolute Gasteiger partial charge is 0.325 e. The van der Waals surface area contributed by atoms with E-state index in [0.717, 1.165) is 5.56 Å². The molecular formula is C18H21NO5S. The summed E-state index contributed by atoms with van der Waals surface area (Å²) in [5, 5.41) is 19.1. The molecule has 134 valence electrons. The van der Waals surface area contributed by atoms with Gasteiger partial charge in [-0.1, -0.05) is 36.8 Å². The van der Waals surface area contributed by atoms with Gasteiger partial charge in [0.05, 0.1) is 4.90 Å². The molecule has 0 heterocycles. The van der Waals surface area contributed by atoms with Crippen molar-refractivity contribution in [3.8, 4) is 5.75 Å². The number of rotatable bonds is 7. The van der Waals surface area contributed by atoms with Crippen molar-refractivity contribution in [2.45, 2.75) is 37.1 Å². The van der Waals surface area contributed by atoms with Crippen LogP contribution in [-0.4, -0.2) is 30.1 Å². The molecule has 2 aromatic rings. The fourth-order valence-electron chi connectivity index (χ4n) is 2.50. The highest BCUT2D eigenvalue weighted by Crippen LogP contribution is 2.23. The maximum absolute atomic E-state index is 12.7. The molecule has 7 heteroatoms. The van der Waals surface area contributed by atoms with E-state index in [1.807, 2.05) is 6.92 Å². The maximum Gasteiger partial charge on any atom is 0.325 e. The van der Waals surface area contributed by atoms with E-state index in [-0.39, 0.29) is 23.5 Å². The van der Waals surface area contributed by atoms with Crippen molar-refractivity contribution in [1.82, 2.24) is 4.72 Å². The molecule has 2 aromatic carbocycles. The number of carbonyl (C=O) groups is 1. The van der Waals surface area contributed by atoms with Gasteiger partial charge in [-0.15, -0.1) is 0 Å². The third kappa shape index (κ3) is 4.37. The van der Waals surface area contributed by atoms with Crippen LogP contribution in [0.15, 0.2) is 53.4 Å². The first-order chi connectivity index (χ1) is 11.7. The van der Waals surface area contributed by atoms with Crippen LogP contribution >= 0.6 is 0 Å². The summed E-state index contributed by atoms with van der Waals surface area (Å²) in [6.45, 7) is 3.45. The predicted molar refractivity (Wildman–Crippen MR) is 94.0 cm³/mol. The molecule has 0 aliphatic heterocycles. The molecule has 1 unspecified atom stereocenters. The summed E-state index contributed by atoms with van der Waals surface area (Å²) in [5.41, 5.74) is -0.169. The van der Waals surface area contributed by atoms with Gasteiger partial charge in [0.2, 0.25) is 10.0 Å². The molecule has 0 fully saturated rings. The van der Waals surface area contributed by atoms with E-state index < -0.39 is 21.5 Å². The molecule has 0 spiro atoms. The molecule has 0 aliphatic rings. The van der Waals surface area contributed by atoms with E-state index in [0.29, 0.717) is 5.56 Å². The van der Waals surface area contributed by atoms with Crippen LogP contribution in [0.5, 0.6) is 5.75 Å². The van der Waals surface area contributed by atoms with Gasteiger partial charge in [-0.05, 0) is 43.2 Å². The van der Waals surface area contributed by atoms with E-state index >= 15 is 0 Å². The van der Waals surface area contributed by atoms with Gasteiger partial charge < -0.3 is 10.2 Å². The number of carboxylic acids is 1. The number of hydrogen-bond donors (Lipinski definition) is 3. The average molecular weight is 363 g/mol. The molecule has 0 saturated heterocycles. The molecule has 0 bridgehead atoms. The maximum atomic E-state index is 12.7. The third-order valence-corrected chi connectivity index (χ3v) is 5.67. The van der Waals surface area contributed by atoms with Gasteiger partial charge in [0.25, 0.3) is 0 Å². The summed E-state index contributed by atoms with van der Waals surface area (Å²) < 4.78 is 27.7. The molecule has 2 rings (SSSR count). The SMILES string of the molecule is CCC(Cc1ccc(O)cc1)(NS(=O)(=O)c1ccc(C)cc1)C(=O)O. The Morgan fingerprint density at radius 1 is 1.08 bits per heavy atom. The predicted octanol–water partition coefficient (Wildman–Crippen LogP) is 2.46. The summed E-state index contributed by atoms with van der Waals surface area (Å²) in [6, 6.07) is 12.2. The second kappa shape index (κ2) is 7.25. The number of phenols is 1. The number of nitrogens with one attached hydrogen (secondary N) is 1. The highest BCUT2D eigenvalue weighted by Gasteiger charge is 2.41. The molecule has 25 heavy (non-hydrogen) atoms. The molecule has 6 nitrogen and oxygen atoms in total. The molecular weight excluding hydrogens is 342 g/mol. The molecule has 0 aromatic heterocycles. The normalized spacial score (nSPS) is 14.0. The lowest BCUT2D eigenvalue weighted by atomic mass is 9.89. The fourth-order valence-corrected chi connectivity index (χ4v) is 3.93. The van der Waals surface area contributed by atoms with Gasteiger partial charge >= 0.3 is 5.97 Å². The first kappa shape index (κ1) is 19.0. The van der Waals surface area contributed by atoms with Crippen LogP contribution < -0.4 is 4.72 Å². The Labute approximate surface area is 147 Å². The Hall–Kier alpha value is -2.38. The van der Waals surface area contributed by atoms with Gasteiger partial charge in [0, 0.05) is 6.42 Å². The van der Waals surface area contributed by atoms with Crippen LogP contribution in [0.1, 0.15) is 24.5 Å². The van der Waals surface area contributed by atoms with Crippen molar-refractivity contribution < 1.29 is 23.4 Å². The van der Waals surface area contributed by atoms with Gasteiger partial charge in [-0.3, -0.25) is 4.79 Å². The number of hydrogen-bond acceptors (Lipinski definition) is 4. The van der Waals surface area contributed by atoms with Crippen molar-refractivity contribution in [3.05, 3.63) is 59.7 Å². The van der Waals surface area contributed by atoms with E-state index in [2.05, 4.69) is 4.72 Å². The van der Waals surface area contributed by atoms with Crippen molar-refractivity contribution in [2.75, 3.05) is 0 Å². The van der Waals surface area contributed by atoms with E-state index in [9.17, 15) is 23.4 Å². The number of aromatic hydroxyl groups is 1. The van der Waals surface area contributed by atoms with Crippen LogP contribution in [0.2, 0.25) is 0 Å². The average Bonchev–Trinajstić information content (AvgIpc) is 2.56. The van der Waals surface area contributed by atoms with Crippen molar-refractivity contribution in [1.29, 1.82) is 0 Å². The van der Waals surface area contributed by atoms with Crippen molar-refractivity contribution >= 4 is 16.0 Å². The molecule has 1 atom stereocenters. The molecule has 3 N–H and O–H groups in total. The number of sulfonamides is 1. The summed E-state index contributed by atoms with van der Waals surface area (Å²) >= 11 is 0. The van der Waals surface area contributed by atoms with E-state index in [4.69, 9.17) is 0 Å². The second-order valence-corrected chi connectivity index (χ2v) is 7.68. The van der Waals surface area contributed by atoms with E-state index in [1.165, 1.54) is 24.3 Å². The number of aryl methyl sites for hydroxylation is 1. The first-order valence-corrected chi connectivity index (χ1v) is 9.29. The highest BCUT2D eigenvalue weighted by atomic mass is 32.2. The Morgan fingerprint density at radius 3 is 2.12 bits per heavy atom. The Balaban J connectivity index is 2.38. The van der Waals surface area contributed by atoms with Crippen LogP contribution in [0.4, 0.5) is 0 Å². The topological polar surface area (TPSA) is 104 Å². The van der Waals surface area contributed by atoms with Gasteiger partial charge in [-0.2, -0.15) is 4.72 Å². The highest BCUT2D eigenvalue weighted by molar-refractivity contribution is 7.89. The van der Waals surface area contributed by atoms with Gasteiger partial charge in [0.15, 0.2) is 0 Å². The van der Waals surface area contributed by atoms with Crippen LogP contribution in [0.25, 0.3) is 0 Å². The minimum Gasteiger partial charge on any atom is -0.508 e. The van der Waals surface area contributed by atoms with Crippen molar-refractivity contribution in [3.63, 3.8) is 0 Å². The fraction of sp³-hybridized carbons (Fsp3) is 0.278. The minimum absolute atomic E-state index is 0.0166. The summed E-state index contributed by atoms with van der Waals surface area (Å²) in [6.07, 6.45) is 0.0263. The lowest BCUT2D eigenvalue weighted by Gasteiger charge is -2.29. The standard InChI is InChI=1S/C18H21NO5S/c1-3-18(17(21)22,12-14-6-8-15(20)9-7-14)19-25(23,24)16-10-4-13(2)5-11-16/h4-11,19-20H,3,12H2,1-2H3,(H,21,22). The second-order valence-electron chi connectivity index (χ2n) is 6.00. The van der Waals surface area contributed by atoms with Crippen LogP contribution in [0.3, 0.4) is 0 Å². The molecule has 0 amide bonds. The van der Waals surface area contributed by atoms with Gasteiger partial charge in [0.1, 0.15) is 11.3 Å². The Kier molecular flexibility index (Phi) is 5.49. The van der Waals surface area contributed by atoms with Crippen LogP contribution in [0, 0.1) is 6.92 Å². The Morgan fingerprint density at radius 2 is 1.64 bits per heavy atom. The third-order valence-electron chi connectivity index (χ3n) is 4.12. The molecule has 0 radical (unpaired) electrons. The lowest BCUT2D eigenvalue weighted by Crippen LogP contribution is -2.55. The minimum atomic E-state index is -4.00. The van der Waals surface area contributed by atoms with E-state index in [1.54, 1.807) is 31.2 Å². The number of phenolic OH excluding ortho intramolecular Hbond substituents is 1. The zero-order valence-electron chi connectivity index (χ0n) is 14.1. The zero-order valence-corrected chi connectivity index (χ0v) is 14.9. The summed E-state index contributed by atoms with van der Waals surface area (Å²) in [7, 11) is -4.00. The lowest BCUT2D eigenvalue weighted by molar-refractivity contribution is -0.144. The summed E-state index contributed by atoms with van der Waals surface area (Å²) in [5.74, 6) is -1.19. The number of aliphatic carboxylic acids is 1. The largest absolute Gasteiger partial charge is 0.508 e. The summed E-state index contributed by atoms with van der Waals surface area (Å²) in [4.78, 5) is 11.9. The zero-order chi connectivity index (χ0) is 18.7. The molecule has 0 saturated carbocycles. The number of benzene rings is 2. The number of carboxylic acid groups (broad SMARTS) is 1. The monoisotopic (exact) mass is 363 g/mol. The van der Waals surface area contributed by atoms with Crippen LogP contribution in [-0.2, 0) is 21.2 Å². The van der Waals surface area contributed by atoms with Crippen molar-refractivity contribution in [2.24, 2.45) is 0 Å². The van der Waals surface area contributed by atoms with Gasteiger partial charge in [-0.25, -0.2) is 8.42 Å². The molecule has 0 aliphatic carbocycles. The quantitative estimate of drug-likeness (QED) is 0.701. The Bertz CT molecular complexity index is 844. The first-order valence-electron chi connectivity index (χ1n) is 7.80.